The van der Waals surface area contributed by atoms with Crippen LogP contribution in [0.4, 0.5) is 0 Å². The molecular weight excluding hydrogens is 566 g/mol. The Hall–Kier alpha value is -1.91. The van der Waals surface area contributed by atoms with E-state index >= 15 is 0 Å². The minimum absolute atomic E-state index is 0.0434. The van der Waals surface area contributed by atoms with Crippen molar-refractivity contribution in [3.8, 4) is 0 Å². The predicted molar refractivity (Wildman–Crippen MR) is 199 cm³/mol. The van der Waals surface area contributed by atoms with Crippen LogP contribution in [0.25, 0.3) is 0 Å². The molecule has 266 valence electrons. The van der Waals surface area contributed by atoms with Crippen LogP contribution in [0.1, 0.15) is 201 Å². The number of hydrogen-bond acceptors (Lipinski definition) is 3. The van der Waals surface area contributed by atoms with Crippen molar-refractivity contribution in [1.82, 2.24) is 10.4 Å². The van der Waals surface area contributed by atoms with Gasteiger partial charge in [-0.3, -0.25) is 14.2 Å². The van der Waals surface area contributed by atoms with Crippen LogP contribution in [0.2, 0.25) is 0 Å². The average molecular weight is 643 g/mol. The molecule has 0 aromatic rings. The van der Waals surface area contributed by atoms with E-state index in [0.717, 1.165) is 38.8 Å². The first-order chi connectivity index (χ1) is 22.6. The summed E-state index contributed by atoms with van der Waals surface area (Å²) in [4.78, 5) is 25.9. The zero-order valence-corrected chi connectivity index (χ0v) is 30.9. The lowest BCUT2D eigenvalue weighted by atomic mass is 10.1. The van der Waals surface area contributed by atoms with Gasteiger partial charge in [0.1, 0.15) is 13.1 Å². The second-order valence-corrected chi connectivity index (χ2v) is 13.7. The van der Waals surface area contributed by atoms with E-state index in [4.69, 9.17) is 0 Å². The number of hydrazine groups is 1. The molecule has 1 amide bonds. The molecule has 0 bridgehead atoms. The number of allylic oxidation sites excluding steroid dienone is 4. The molecule has 1 heterocycles. The number of likely N-dealkylation sites (N-methyl/N-ethyl adjacent to an activating group) is 1. The molecule has 0 spiro atoms. The van der Waals surface area contributed by atoms with Gasteiger partial charge in [-0.15, -0.1) is 5.01 Å². The van der Waals surface area contributed by atoms with Gasteiger partial charge >= 0.3 is 5.84 Å². The Balaban J connectivity index is 2.10. The lowest BCUT2D eigenvalue weighted by molar-refractivity contribution is -0.513. The Kier molecular flexibility index (Phi) is 29.0. The fraction of sp³-hybridized carbons (Fsp3) is 0.829. The van der Waals surface area contributed by atoms with Gasteiger partial charge in [0.15, 0.2) is 0 Å². The van der Waals surface area contributed by atoms with E-state index in [1.165, 1.54) is 141 Å². The molecule has 1 N–H and O–H groups in total. The highest BCUT2D eigenvalue weighted by atomic mass is 16.2. The monoisotopic (exact) mass is 643 g/mol. The molecule has 0 aromatic heterocycles. The standard InChI is InChI=1S/C41H75N3O2/c1-4-7-9-11-13-15-17-19-21-23-25-27-29-31-33-35-39(45)41-43(6-3)37-38-44(41)42-40(46)36-34-32-30-28-26-24-22-20-18-16-14-12-10-8-5-2/h19-22H,4-18,23-38H2,1-3H3/p+1/b21-19-,22-20-. The topological polar surface area (TPSA) is 52.4 Å². The van der Waals surface area contributed by atoms with E-state index in [1.807, 2.05) is 5.01 Å². The molecular formula is C41H76N3O2+. The summed E-state index contributed by atoms with van der Waals surface area (Å²) in [6, 6.07) is 0. The quantitative estimate of drug-likeness (QED) is 0.0440. The molecule has 5 heteroatoms. The first-order valence-electron chi connectivity index (χ1n) is 20.2. The van der Waals surface area contributed by atoms with E-state index in [2.05, 4.69) is 55.1 Å². The van der Waals surface area contributed by atoms with E-state index in [9.17, 15) is 9.59 Å². The summed E-state index contributed by atoms with van der Waals surface area (Å²) in [6.07, 6.45) is 43.3. The SMILES string of the molecule is CCCCCCCC/C=C\CCCCCCCC(=O)NN1CC[N+](CC)=C1C(=O)CCCCCCC/C=C\CCCCCCCC. The average Bonchev–Trinajstić information content (AvgIpc) is 3.47. The molecule has 1 rings (SSSR count). The highest BCUT2D eigenvalue weighted by molar-refractivity contribution is 6.36. The smallest absolute Gasteiger partial charge is 0.286 e. The van der Waals surface area contributed by atoms with Crippen molar-refractivity contribution in [2.24, 2.45) is 0 Å². The Bertz CT molecular complexity index is 832. The summed E-state index contributed by atoms with van der Waals surface area (Å²) in [6.45, 7) is 8.93. The highest BCUT2D eigenvalue weighted by Gasteiger charge is 2.36. The number of carbonyl (C=O) groups is 2. The zero-order valence-electron chi connectivity index (χ0n) is 30.9. The van der Waals surface area contributed by atoms with Crippen LogP contribution in [-0.2, 0) is 9.59 Å². The number of unbranched alkanes of at least 4 members (excludes halogenated alkanes) is 22. The van der Waals surface area contributed by atoms with Crippen molar-refractivity contribution >= 4 is 17.5 Å². The van der Waals surface area contributed by atoms with Gasteiger partial charge in [0.2, 0.25) is 5.78 Å². The van der Waals surface area contributed by atoms with Gasteiger partial charge in [0.05, 0.1) is 6.54 Å². The Labute approximate surface area is 286 Å². The molecule has 1 aliphatic rings. The van der Waals surface area contributed by atoms with E-state index < -0.39 is 0 Å². The Morgan fingerprint density at radius 2 is 0.957 bits per heavy atom. The van der Waals surface area contributed by atoms with E-state index in [-0.39, 0.29) is 11.7 Å². The van der Waals surface area contributed by atoms with Gasteiger partial charge in [-0.1, -0.05) is 141 Å². The van der Waals surface area contributed by atoms with Gasteiger partial charge in [-0.25, -0.2) is 0 Å². The largest absolute Gasteiger partial charge is 0.339 e. The van der Waals surface area contributed by atoms with Gasteiger partial charge in [-0.05, 0) is 71.1 Å². The van der Waals surface area contributed by atoms with Crippen LogP contribution < -0.4 is 5.43 Å². The molecule has 0 saturated heterocycles. The molecule has 0 unspecified atom stereocenters. The summed E-state index contributed by atoms with van der Waals surface area (Å²) in [5.74, 6) is 0.927. The zero-order chi connectivity index (χ0) is 33.3. The number of amidine groups is 1. The minimum atomic E-state index is 0.0434. The number of amides is 1. The van der Waals surface area contributed by atoms with Gasteiger partial charge in [0.25, 0.3) is 5.91 Å². The van der Waals surface area contributed by atoms with Crippen molar-refractivity contribution in [2.75, 3.05) is 19.6 Å². The molecule has 5 nitrogen and oxygen atoms in total. The number of nitrogens with one attached hydrogen (secondary N) is 1. The van der Waals surface area contributed by atoms with E-state index in [1.54, 1.807) is 0 Å². The van der Waals surface area contributed by atoms with E-state index in [0.29, 0.717) is 25.2 Å². The summed E-state index contributed by atoms with van der Waals surface area (Å²) in [5.41, 5.74) is 3.06. The normalized spacial score (nSPS) is 13.6. The number of ketones is 1. The molecule has 0 saturated carbocycles. The minimum Gasteiger partial charge on any atom is -0.286 e. The summed E-state index contributed by atoms with van der Waals surface area (Å²) < 4.78 is 2.13. The molecule has 0 atom stereocenters. The Morgan fingerprint density at radius 1 is 0.565 bits per heavy atom. The molecule has 0 aromatic carbocycles. The third-order valence-electron chi connectivity index (χ3n) is 9.37. The lowest BCUT2D eigenvalue weighted by Gasteiger charge is -2.13. The first kappa shape index (κ1) is 42.1. The first-order valence-corrected chi connectivity index (χ1v) is 20.2. The van der Waals surface area contributed by atoms with Crippen molar-refractivity contribution in [3.05, 3.63) is 24.3 Å². The Morgan fingerprint density at radius 3 is 1.39 bits per heavy atom. The summed E-state index contributed by atoms with van der Waals surface area (Å²) in [5, 5.41) is 1.84. The van der Waals surface area contributed by atoms with Gasteiger partial charge in [0, 0.05) is 12.8 Å². The maximum atomic E-state index is 13.2. The number of Topliss-reactive ketones (excluding diaryl/α,β-unsaturated/α-hetero) is 1. The summed E-state index contributed by atoms with van der Waals surface area (Å²) >= 11 is 0. The third-order valence-corrected chi connectivity index (χ3v) is 9.37. The van der Waals surface area contributed by atoms with Crippen LogP contribution in [0.5, 0.6) is 0 Å². The van der Waals surface area contributed by atoms with Crippen molar-refractivity contribution in [2.45, 2.75) is 201 Å². The lowest BCUT2D eigenvalue weighted by Crippen LogP contribution is -2.48. The van der Waals surface area contributed by atoms with Crippen LogP contribution in [0.3, 0.4) is 0 Å². The fourth-order valence-corrected chi connectivity index (χ4v) is 6.38. The fourth-order valence-electron chi connectivity index (χ4n) is 6.38. The van der Waals surface area contributed by atoms with Gasteiger partial charge in [-0.2, -0.15) is 5.43 Å². The van der Waals surface area contributed by atoms with Crippen molar-refractivity contribution in [3.63, 3.8) is 0 Å². The number of rotatable bonds is 33. The van der Waals surface area contributed by atoms with Crippen LogP contribution in [0, 0.1) is 0 Å². The van der Waals surface area contributed by atoms with Crippen LogP contribution in [-0.4, -0.2) is 46.7 Å². The van der Waals surface area contributed by atoms with Crippen molar-refractivity contribution < 1.29 is 14.2 Å². The third kappa shape index (κ3) is 23.4. The summed E-state index contributed by atoms with van der Waals surface area (Å²) in [7, 11) is 0. The maximum absolute atomic E-state index is 13.2. The van der Waals surface area contributed by atoms with Crippen LogP contribution in [0.15, 0.2) is 24.3 Å². The highest BCUT2D eigenvalue weighted by Crippen LogP contribution is 2.13. The number of nitrogens with zero attached hydrogens (tertiary/aromatic N) is 2. The predicted octanol–water partition coefficient (Wildman–Crippen LogP) is 11.4. The second kappa shape index (κ2) is 31.7. The molecule has 46 heavy (non-hydrogen) atoms. The number of carbonyl (C=O) groups excluding carboxylic acids is 2. The molecule has 0 aliphatic carbocycles. The van der Waals surface area contributed by atoms with Gasteiger partial charge < -0.3 is 0 Å². The maximum Gasteiger partial charge on any atom is 0.339 e. The second-order valence-electron chi connectivity index (χ2n) is 13.7. The molecule has 0 radical (unpaired) electrons. The van der Waals surface area contributed by atoms with Crippen molar-refractivity contribution in [1.29, 1.82) is 0 Å². The number of hydrogen-bond donors (Lipinski definition) is 1. The molecule has 1 aliphatic heterocycles. The molecule has 0 fully saturated rings. The van der Waals surface area contributed by atoms with Crippen LogP contribution >= 0.6 is 0 Å².